The van der Waals surface area contributed by atoms with Crippen LogP contribution in [0.25, 0.3) is 10.2 Å². The number of thiophene rings is 1. The van der Waals surface area contributed by atoms with Gasteiger partial charge in [-0.1, -0.05) is 17.4 Å². The number of aryl methyl sites for hydroxylation is 2. The van der Waals surface area contributed by atoms with Gasteiger partial charge in [0, 0.05) is 6.07 Å². The van der Waals surface area contributed by atoms with Gasteiger partial charge in [-0.3, -0.25) is 20.2 Å². The van der Waals surface area contributed by atoms with Gasteiger partial charge >= 0.3 is 0 Å². The molecule has 0 atom stereocenters. The number of thiazole rings is 1. The number of aromatic nitrogens is 1. The maximum Gasteiger partial charge on any atom is 0.283 e. The van der Waals surface area contributed by atoms with E-state index < -0.39 is 4.92 Å². The van der Waals surface area contributed by atoms with Crippen molar-refractivity contribution in [1.82, 2.24) is 4.98 Å². The van der Waals surface area contributed by atoms with Crippen LogP contribution in [-0.4, -0.2) is 15.8 Å². The van der Waals surface area contributed by atoms with E-state index in [1.807, 2.05) is 25.1 Å². The highest BCUT2D eigenvalue weighted by Crippen LogP contribution is 2.30. The van der Waals surface area contributed by atoms with Gasteiger partial charge in [0.05, 0.1) is 24.9 Å². The topological polar surface area (TPSA) is 85.1 Å². The number of carbonyl (C=O) groups is 1. The molecule has 1 amide bonds. The predicted molar refractivity (Wildman–Crippen MR) is 88.0 cm³/mol. The van der Waals surface area contributed by atoms with Gasteiger partial charge in [-0.2, -0.15) is 0 Å². The number of carbonyl (C=O) groups excluding carboxylic acids is 1. The molecule has 8 heteroatoms. The lowest BCUT2D eigenvalue weighted by Gasteiger charge is -1.96. The van der Waals surface area contributed by atoms with Crippen molar-refractivity contribution in [2.45, 2.75) is 13.8 Å². The summed E-state index contributed by atoms with van der Waals surface area (Å²) in [4.78, 5) is 27.7. The van der Waals surface area contributed by atoms with E-state index in [1.54, 1.807) is 6.92 Å². The van der Waals surface area contributed by atoms with E-state index in [4.69, 9.17) is 0 Å². The van der Waals surface area contributed by atoms with Gasteiger partial charge in [0.1, 0.15) is 0 Å². The first-order valence-electron chi connectivity index (χ1n) is 6.37. The van der Waals surface area contributed by atoms with E-state index in [0.717, 1.165) is 27.1 Å². The number of hydrogen-bond acceptors (Lipinski definition) is 6. The van der Waals surface area contributed by atoms with Crippen LogP contribution in [0, 0.1) is 24.0 Å². The first-order chi connectivity index (χ1) is 10.4. The Hall–Kier alpha value is -2.32. The number of benzene rings is 1. The van der Waals surface area contributed by atoms with Gasteiger partial charge in [0.15, 0.2) is 5.13 Å². The summed E-state index contributed by atoms with van der Waals surface area (Å²) in [5.74, 6) is -0.378. The molecule has 112 valence electrons. The van der Waals surface area contributed by atoms with Crippen LogP contribution < -0.4 is 5.32 Å². The van der Waals surface area contributed by atoms with Crippen LogP contribution in [0.1, 0.15) is 20.1 Å². The van der Waals surface area contributed by atoms with Crippen LogP contribution in [0.4, 0.5) is 10.8 Å². The summed E-state index contributed by atoms with van der Waals surface area (Å²) in [6.45, 7) is 3.62. The summed E-state index contributed by atoms with van der Waals surface area (Å²) in [7, 11) is 0. The molecule has 22 heavy (non-hydrogen) atoms. The lowest BCUT2D eigenvalue weighted by Crippen LogP contribution is -2.09. The second kappa shape index (κ2) is 5.47. The zero-order valence-corrected chi connectivity index (χ0v) is 13.4. The Morgan fingerprint density at radius 2 is 2.05 bits per heavy atom. The average molecular weight is 333 g/mol. The molecule has 3 aromatic rings. The number of rotatable bonds is 3. The van der Waals surface area contributed by atoms with Crippen molar-refractivity contribution in [3.63, 3.8) is 0 Å². The Balaban J connectivity index is 1.86. The standard InChI is InChI=1S/C14H11N3O3S2/c1-7-3-4-9-11(5-7)22-14(15-9)16-13(18)12-6-10(17(19)20)8(2)21-12/h3-6H,1-2H3,(H,15,16,18). The van der Waals surface area contributed by atoms with Gasteiger partial charge in [-0.05, 0) is 31.5 Å². The molecule has 1 N–H and O–H groups in total. The van der Waals surface area contributed by atoms with Crippen LogP contribution in [0.15, 0.2) is 24.3 Å². The number of fused-ring (bicyclic) bond motifs is 1. The van der Waals surface area contributed by atoms with Crippen LogP contribution in [-0.2, 0) is 0 Å². The molecule has 3 rings (SSSR count). The average Bonchev–Trinajstić information content (AvgIpc) is 3.01. The number of nitrogens with one attached hydrogen (secondary N) is 1. The highest BCUT2D eigenvalue weighted by Gasteiger charge is 2.20. The van der Waals surface area contributed by atoms with Crippen molar-refractivity contribution in [2.24, 2.45) is 0 Å². The molecule has 0 saturated heterocycles. The van der Waals surface area contributed by atoms with Crippen molar-refractivity contribution in [3.8, 4) is 0 Å². The summed E-state index contributed by atoms with van der Waals surface area (Å²) in [5.41, 5.74) is 1.91. The third kappa shape index (κ3) is 2.70. The Morgan fingerprint density at radius 1 is 1.27 bits per heavy atom. The van der Waals surface area contributed by atoms with Gasteiger partial charge in [-0.25, -0.2) is 4.98 Å². The van der Waals surface area contributed by atoms with E-state index in [1.165, 1.54) is 17.4 Å². The SMILES string of the molecule is Cc1ccc2nc(NC(=O)c3cc([N+](=O)[O-])c(C)s3)sc2c1. The first-order valence-corrected chi connectivity index (χ1v) is 8.00. The van der Waals surface area contributed by atoms with Crippen LogP contribution in [0.3, 0.4) is 0 Å². The molecule has 0 aliphatic carbocycles. The summed E-state index contributed by atoms with van der Waals surface area (Å²) >= 11 is 2.48. The molecule has 1 aromatic carbocycles. The zero-order chi connectivity index (χ0) is 15.9. The molecule has 0 fully saturated rings. The van der Waals surface area contributed by atoms with E-state index in [0.29, 0.717) is 14.9 Å². The Labute approximate surface area is 133 Å². The third-order valence-electron chi connectivity index (χ3n) is 3.08. The maximum absolute atomic E-state index is 12.2. The molecule has 0 radical (unpaired) electrons. The van der Waals surface area contributed by atoms with E-state index in [9.17, 15) is 14.9 Å². The van der Waals surface area contributed by atoms with E-state index in [-0.39, 0.29) is 11.6 Å². The normalized spacial score (nSPS) is 10.8. The number of nitro groups is 1. The van der Waals surface area contributed by atoms with Gasteiger partial charge in [-0.15, -0.1) is 11.3 Å². The maximum atomic E-state index is 12.2. The second-order valence-corrected chi connectivity index (χ2v) is 7.04. The summed E-state index contributed by atoms with van der Waals surface area (Å²) in [5, 5.41) is 14.0. The van der Waals surface area contributed by atoms with E-state index in [2.05, 4.69) is 10.3 Å². The lowest BCUT2D eigenvalue weighted by atomic mass is 10.2. The molecule has 0 aliphatic rings. The number of amides is 1. The minimum atomic E-state index is -0.483. The highest BCUT2D eigenvalue weighted by molar-refractivity contribution is 7.22. The fourth-order valence-electron chi connectivity index (χ4n) is 2.01. The molecule has 0 spiro atoms. The molecule has 0 bridgehead atoms. The molecule has 6 nitrogen and oxygen atoms in total. The smallest absolute Gasteiger partial charge is 0.283 e. The summed E-state index contributed by atoms with van der Waals surface area (Å²) in [6.07, 6.45) is 0. The Kier molecular flexibility index (Phi) is 3.63. The number of hydrogen-bond donors (Lipinski definition) is 1. The molecule has 0 aliphatic heterocycles. The van der Waals surface area contributed by atoms with E-state index >= 15 is 0 Å². The van der Waals surface area contributed by atoms with Crippen molar-refractivity contribution in [3.05, 3.63) is 49.7 Å². The molecule has 0 unspecified atom stereocenters. The highest BCUT2D eigenvalue weighted by atomic mass is 32.1. The summed E-state index contributed by atoms with van der Waals surface area (Å²) in [6, 6.07) is 7.16. The molecular weight excluding hydrogens is 322 g/mol. The monoisotopic (exact) mass is 333 g/mol. The van der Waals surface area contributed by atoms with Crippen molar-refractivity contribution in [1.29, 1.82) is 0 Å². The molecule has 0 saturated carbocycles. The van der Waals surface area contributed by atoms with Crippen LogP contribution in [0.2, 0.25) is 0 Å². The van der Waals surface area contributed by atoms with Crippen LogP contribution >= 0.6 is 22.7 Å². The van der Waals surface area contributed by atoms with Crippen molar-refractivity contribution in [2.75, 3.05) is 5.32 Å². The zero-order valence-electron chi connectivity index (χ0n) is 11.7. The Morgan fingerprint density at radius 3 is 2.73 bits per heavy atom. The molecule has 2 aromatic heterocycles. The predicted octanol–water partition coefficient (Wildman–Crippen LogP) is 4.14. The van der Waals surface area contributed by atoms with Crippen molar-refractivity contribution < 1.29 is 9.72 Å². The van der Waals surface area contributed by atoms with Crippen LogP contribution in [0.5, 0.6) is 0 Å². The quantitative estimate of drug-likeness (QED) is 0.577. The third-order valence-corrected chi connectivity index (χ3v) is 5.05. The van der Waals surface area contributed by atoms with Gasteiger partial charge in [0.2, 0.25) is 0 Å². The summed E-state index contributed by atoms with van der Waals surface area (Å²) < 4.78 is 0.989. The lowest BCUT2D eigenvalue weighted by molar-refractivity contribution is -0.385. The fourth-order valence-corrected chi connectivity index (χ4v) is 3.85. The first kappa shape index (κ1) is 14.6. The van der Waals surface area contributed by atoms with Gasteiger partial charge < -0.3 is 0 Å². The molecular formula is C14H11N3O3S2. The fraction of sp³-hybridized carbons (Fsp3) is 0.143. The Bertz CT molecular complexity index is 898. The second-order valence-electron chi connectivity index (χ2n) is 4.75. The number of nitrogens with zero attached hydrogens (tertiary/aromatic N) is 2. The van der Waals surface area contributed by atoms with Gasteiger partial charge in [0.25, 0.3) is 11.6 Å². The largest absolute Gasteiger partial charge is 0.297 e. The number of anilines is 1. The minimum Gasteiger partial charge on any atom is -0.297 e. The van der Waals surface area contributed by atoms with Crippen molar-refractivity contribution >= 4 is 49.6 Å². The molecule has 2 heterocycles. The minimum absolute atomic E-state index is 0.0323.